The maximum absolute atomic E-state index is 11.7. The van der Waals surface area contributed by atoms with Gasteiger partial charge in [0.2, 0.25) is 0 Å². The molecular formula is C20H21N3O2S. The van der Waals surface area contributed by atoms with Crippen molar-refractivity contribution in [2.75, 3.05) is 6.26 Å². The molecule has 0 saturated heterocycles. The van der Waals surface area contributed by atoms with E-state index >= 15 is 0 Å². The minimum Gasteiger partial charge on any atom is -0.339 e. The molecule has 1 saturated carbocycles. The number of fused-ring (bicyclic) bond motifs is 1. The lowest BCUT2D eigenvalue weighted by atomic mass is 9.99. The molecule has 0 amide bonds. The van der Waals surface area contributed by atoms with E-state index in [9.17, 15) is 8.42 Å². The number of rotatable bonds is 4. The molecule has 3 heterocycles. The molecule has 0 bridgehead atoms. The molecule has 0 aromatic carbocycles. The minimum atomic E-state index is -3.25. The molecule has 0 radical (unpaired) electrons. The van der Waals surface area contributed by atoms with E-state index in [1.807, 2.05) is 12.1 Å². The van der Waals surface area contributed by atoms with Crippen LogP contribution in [0.4, 0.5) is 0 Å². The zero-order valence-electron chi connectivity index (χ0n) is 14.6. The number of aromatic nitrogens is 3. The van der Waals surface area contributed by atoms with E-state index in [4.69, 9.17) is 0 Å². The van der Waals surface area contributed by atoms with Crippen LogP contribution in [0.15, 0.2) is 53.7 Å². The maximum atomic E-state index is 11.7. The number of hydrogen-bond donors (Lipinski definition) is 1. The van der Waals surface area contributed by atoms with E-state index < -0.39 is 9.84 Å². The Bertz CT molecular complexity index is 1030. The van der Waals surface area contributed by atoms with E-state index in [2.05, 4.69) is 27.1 Å². The molecule has 1 aliphatic rings. The molecule has 0 atom stereocenters. The largest absolute Gasteiger partial charge is 0.339 e. The monoisotopic (exact) mass is 367 g/mol. The van der Waals surface area contributed by atoms with Gasteiger partial charge in [-0.15, -0.1) is 0 Å². The quantitative estimate of drug-likeness (QED) is 0.757. The fraction of sp³-hybridized carbons (Fsp3) is 0.300. The summed E-state index contributed by atoms with van der Waals surface area (Å²) >= 11 is 0. The van der Waals surface area contributed by atoms with Crippen LogP contribution in [0.2, 0.25) is 0 Å². The van der Waals surface area contributed by atoms with E-state index in [0.717, 1.165) is 28.0 Å². The van der Waals surface area contributed by atoms with Crippen molar-refractivity contribution in [3.63, 3.8) is 0 Å². The summed E-state index contributed by atoms with van der Waals surface area (Å²) in [5, 5.41) is 1.05. The number of sulfone groups is 1. The molecule has 1 fully saturated rings. The van der Waals surface area contributed by atoms with Gasteiger partial charge in [0, 0.05) is 35.3 Å². The average molecular weight is 367 g/mol. The van der Waals surface area contributed by atoms with Crippen molar-refractivity contribution < 1.29 is 8.42 Å². The number of pyridine rings is 2. The predicted octanol–water partition coefficient (Wildman–Crippen LogP) is 3.98. The van der Waals surface area contributed by atoms with Gasteiger partial charge in [0.15, 0.2) is 9.84 Å². The lowest BCUT2D eigenvalue weighted by molar-refractivity contribution is 0.601. The fourth-order valence-electron chi connectivity index (χ4n) is 3.53. The van der Waals surface area contributed by atoms with E-state index in [1.54, 1.807) is 18.3 Å². The highest BCUT2D eigenvalue weighted by Crippen LogP contribution is 2.32. The maximum Gasteiger partial charge on any atom is 0.177 e. The molecule has 4 rings (SSSR count). The first-order valence-corrected chi connectivity index (χ1v) is 10.7. The molecule has 134 valence electrons. The molecule has 1 N–H and O–H groups in total. The third kappa shape index (κ3) is 3.42. The minimum absolute atomic E-state index is 0.236. The first kappa shape index (κ1) is 17.0. The smallest absolute Gasteiger partial charge is 0.177 e. The highest BCUT2D eigenvalue weighted by molar-refractivity contribution is 7.90. The van der Waals surface area contributed by atoms with E-state index in [-0.39, 0.29) is 4.90 Å². The standard InChI is InChI=1S/C20H21N3O2S/c1-26(24,25)16-8-9-18(22-13-16)17(11-14-5-2-3-6-14)19-12-15-7-4-10-21-20(15)23-19/h4,7-14H,2-3,5-6H2,1H3,(H,21,23). The highest BCUT2D eigenvalue weighted by atomic mass is 32.2. The first-order valence-electron chi connectivity index (χ1n) is 8.83. The number of allylic oxidation sites excluding steroid dienone is 1. The molecule has 0 unspecified atom stereocenters. The molecule has 6 heteroatoms. The van der Waals surface area contributed by atoms with E-state index in [0.29, 0.717) is 5.92 Å². The summed E-state index contributed by atoms with van der Waals surface area (Å²) in [4.78, 5) is 12.4. The molecule has 5 nitrogen and oxygen atoms in total. The van der Waals surface area contributed by atoms with Gasteiger partial charge in [-0.25, -0.2) is 13.4 Å². The Kier molecular flexibility index (Phi) is 4.36. The van der Waals surface area contributed by atoms with Gasteiger partial charge in [0.1, 0.15) is 5.65 Å². The Hall–Kier alpha value is -2.47. The zero-order valence-corrected chi connectivity index (χ0v) is 15.5. The third-order valence-electron chi connectivity index (χ3n) is 4.92. The summed E-state index contributed by atoms with van der Waals surface area (Å²) in [5.41, 5.74) is 3.59. The van der Waals surface area contributed by atoms with Gasteiger partial charge in [-0.05, 0) is 49.1 Å². The van der Waals surface area contributed by atoms with Gasteiger partial charge in [-0.3, -0.25) is 4.98 Å². The second kappa shape index (κ2) is 6.68. The molecular weight excluding hydrogens is 346 g/mol. The van der Waals surface area contributed by atoms with Crippen LogP contribution in [0, 0.1) is 5.92 Å². The Labute approximate surface area is 153 Å². The summed E-state index contributed by atoms with van der Waals surface area (Å²) in [6.45, 7) is 0. The Balaban J connectivity index is 1.80. The van der Waals surface area contributed by atoms with Crippen molar-refractivity contribution in [2.24, 2.45) is 5.92 Å². The lowest BCUT2D eigenvalue weighted by Crippen LogP contribution is -2.01. The average Bonchev–Trinajstić information content (AvgIpc) is 3.28. The Morgan fingerprint density at radius 1 is 1.19 bits per heavy atom. The van der Waals surface area contributed by atoms with Crippen LogP contribution >= 0.6 is 0 Å². The van der Waals surface area contributed by atoms with Gasteiger partial charge in [0.25, 0.3) is 0 Å². The normalized spacial score (nSPS) is 16.4. The number of nitrogens with zero attached hydrogens (tertiary/aromatic N) is 2. The predicted molar refractivity (Wildman–Crippen MR) is 102 cm³/mol. The van der Waals surface area contributed by atoms with Gasteiger partial charge < -0.3 is 4.98 Å². The number of nitrogens with one attached hydrogen (secondary N) is 1. The van der Waals surface area contributed by atoms with Crippen LogP contribution in [0.3, 0.4) is 0 Å². The van der Waals surface area contributed by atoms with Gasteiger partial charge >= 0.3 is 0 Å². The number of hydrogen-bond acceptors (Lipinski definition) is 4. The second-order valence-electron chi connectivity index (χ2n) is 6.90. The van der Waals surface area contributed by atoms with Crippen LogP contribution in [-0.4, -0.2) is 29.6 Å². The SMILES string of the molecule is CS(=O)(=O)c1ccc(C(=CC2CCCC2)c2cc3cccnc3[nH]2)nc1. The second-order valence-corrected chi connectivity index (χ2v) is 8.92. The summed E-state index contributed by atoms with van der Waals surface area (Å²) in [5.74, 6) is 0.528. The summed E-state index contributed by atoms with van der Waals surface area (Å²) in [6, 6.07) is 9.43. The van der Waals surface area contributed by atoms with Crippen molar-refractivity contribution in [3.05, 3.63) is 60.2 Å². The zero-order chi connectivity index (χ0) is 18.1. The van der Waals surface area contributed by atoms with Gasteiger partial charge in [-0.1, -0.05) is 18.9 Å². The highest BCUT2D eigenvalue weighted by Gasteiger charge is 2.18. The first-order chi connectivity index (χ1) is 12.5. The van der Waals surface area contributed by atoms with Crippen LogP contribution in [-0.2, 0) is 9.84 Å². The van der Waals surface area contributed by atoms with E-state index in [1.165, 1.54) is 38.1 Å². The van der Waals surface area contributed by atoms with Crippen LogP contribution < -0.4 is 0 Å². The van der Waals surface area contributed by atoms with Crippen molar-refractivity contribution >= 4 is 26.4 Å². The van der Waals surface area contributed by atoms with Crippen LogP contribution in [0.5, 0.6) is 0 Å². The molecule has 0 aliphatic heterocycles. The van der Waals surface area contributed by atoms with Gasteiger partial charge in [0.05, 0.1) is 10.6 Å². The van der Waals surface area contributed by atoms with Crippen LogP contribution in [0.25, 0.3) is 16.6 Å². The van der Waals surface area contributed by atoms with Crippen molar-refractivity contribution in [1.29, 1.82) is 0 Å². The Morgan fingerprint density at radius 2 is 2.00 bits per heavy atom. The number of aromatic amines is 1. The topological polar surface area (TPSA) is 75.7 Å². The molecule has 3 aromatic rings. The lowest BCUT2D eigenvalue weighted by Gasteiger charge is -2.10. The third-order valence-corrected chi connectivity index (χ3v) is 6.02. The molecule has 3 aromatic heterocycles. The molecule has 1 aliphatic carbocycles. The fourth-order valence-corrected chi connectivity index (χ4v) is 4.09. The van der Waals surface area contributed by atoms with Crippen LogP contribution in [0.1, 0.15) is 37.1 Å². The van der Waals surface area contributed by atoms with Gasteiger partial charge in [-0.2, -0.15) is 0 Å². The summed E-state index contributed by atoms with van der Waals surface area (Å²) in [7, 11) is -3.25. The Morgan fingerprint density at radius 3 is 2.65 bits per heavy atom. The van der Waals surface area contributed by atoms with Crippen molar-refractivity contribution in [2.45, 2.75) is 30.6 Å². The number of H-pyrrole nitrogens is 1. The summed E-state index contributed by atoms with van der Waals surface area (Å²) in [6.07, 6.45) is 11.6. The molecule has 26 heavy (non-hydrogen) atoms. The van der Waals surface area contributed by atoms with Crippen molar-refractivity contribution in [3.8, 4) is 0 Å². The van der Waals surface area contributed by atoms with Crippen molar-refractivity contribution in [1.82, 2.24) is 15.0 Å². The summed E-state index contributed by atoms with van der Waals surface area (Å²) < 4.78 is 23.4. The molecule has 0 spiro atoms.